The van der Waals surface area contributed by atoms with Gasteiger partial charge in [0.25, 0.3) is 0 Å². The number of carbonyl (C=O) groups excluding carboxylic acids is 3. The molecule has 2 aromatic carbocycles. The summed E-state index contributed by atoms with van der Waals surface area (Å²) in [6, 6.07) is 16.3. The molecule has 5 atom stereocenters. The molecule has 39 heavy (non-hydrogen) atoms. The van der Waals surface area contributed by atoms with Crippen LogP contribution in [-0.4, -0.2) is 53.5 Å². The van der Waals surface area contributed by atoms with Gasteiger partial charge in [-0.2, -0.15) is 0 Å². The molecule has 2 N–H and O–H groups in total. The van der Waals surface area contributed by atoms with Gasteiger partial charge in [0.1, 0.15) is 17.4 Å². The Morgan fingerprint density at radius 2 is 1.62 bits per heavy atom. The predicted octanol–water partition coefficient (Wildman–Crippen LogP) is 3.21. The minimum atomic E-state index is -1.19. The van der Waals surface area contributed by atoms with Crippen LogP contribution in [0.25, 0.3) is 0 Å². The van der Waals surface area contributed by atoms with Crippen molar-refractivity contribution in [2.75, 3.05) is 13.7 Å². The zero-order chi connectivity index (χ0) is 27.8. The van der Waals surface area contributed by atoms with Crippen LogP contribution in [0.2, 0.25) is 0 Å². The van der Waals surface area contributed by atoms with Gasteiger partial charge in [-0.25, -0.2) is 0 Å². The molecule has 3 aliphatic rings. The zero-order valence-electron chi connectivity index (χ0n) is 23.0. The lowest BCUT2D eigenvalue weighted by Crippen LogP contribution is -2.54. The van der Waals surface area contributed by atoms with Gasteiger partial charge in [-0.3, -0.25) is 14.4 Å². The van der Waals surface area contributed by atoms with Gasteiger partial charge in [-0.05, 0) is 42.5 Å². The van der Waals surface area contributed by atoms with Gasteiger partial charge in [0.05, 0.1) is 24.5 Å². The number of likely N-dealkylation sites (tertiary alicyclic amines) is 1. The number of ether oxygens (including phenoxy) is 2. The molecule has 2 aromatic rings. The van der Waals surface area contributed by atoms with Crippen molar-refractivity contribution in [3.63, 3.8) is 0 Å². The minimum absolute atomic E-state index is 0.201. The van der Waals surface area contributed by atoms with Crippen LogP contribution in [-0.2, 0) is 32.2 Å². The van der Waals surface area contributed by atoms with Gasteiger partial charge in [0, 0.05) is 19.6 Å². The molecule has 2 fully saturated rings. The van der Waals surface area contributed by atoms with Crippen LogP contribution in [0.15, 0.2) is 66.7 Å². The summed E-state index contributed by atoms with van der Waals surface area (Å²) >= 11 is 0. The summed E-state index contributed by atoms with van der Waals surface area (Å²) in [7, 11) is 1.61. The highest BCUT2D eigenvalue weighted by Crippen LogP contribution is 2.59. The van der Waals surface area contributed by atoms with E-state index >= 15 is 0 Å². The number of benzene rings is 2. The Hall–Kier alpha value is -3.65. The van der Waals surface area contributed by atoms with Crippen LogP contribution in [0, 0.1) is 17.8 Å². The molecule has 2 bridgehead atoms. The van der Waals surface area contributed by atoms with Crippen molar-refractivity contribution in [3.05, 3.63) is 77.9 Å². The highest BCUT2D eigenvalue weighted by Gasteiger charge is 2.76. The number of nitrogens with zero attached hydrogens (tertiary/aromatic N) is 1. The topological polar surface area (TPSA) is 97.0 Å². The first kappa shape index (κ1) is 26.9. The van der Waals surface area contributed by atoms with Gasteiger partial charge in [-0.15, -0.1) is 0 Å². The molecule has 0 aliphatic carbocycles. The lowest BCUT2D eigenvalue weighted by Gasteiger charge is -2.33. The van der Waals surface area contributed by atoms with E-state index in [9.17, 15) is 14.4 Å². The first-order chi connectivity index (χ1) is 18.7. The molecule has 3 aliphatic heterocycles. The van der Waals surface area contributed by atoms with Gasteiger partial charge in [-0.1, -0.05) is 68.5 Å². The van der Waals surface area contributed by atoms with Crippen molar-refractivity contribution in [1.29, 1.82) is 0 Å². The second-order valence-electron chi connectivity index (χ2n) is 11.3. The molecule has 5 unspecified atom stereocenters. The number of fused-ring (bicyclic) bond motifs is 1. The Labute approximate surface area is 229 Å². The van der Waals surface area contributed by atoms with E-state index in [2.05, 4.69) is 24.5 Å². The summed E-state index contributed by atoms with van der Waals surface area (Å²) in [5.41, 5.74) is -0.288. The quantitative estimate of drug-likeness (QED) is 0.459. The molecule has 5 rings (SSSR count). The summed E-state index contributed by atoms with van der Waals surface area (Å²) in [4.78, 5) is 43.1. The molecule has 0 radical (unpaired) electrons. The van der Waals surface area contributed by atoms with E-state index in [1.165, 1.54) is 0 Å². The molecule has 3 amide bonds. The maximum absolute atomic E-state index is 14.0. The van der Waals surface area contributed by atoms with Crippen LogP contribution in [0.3, 0.4) is 0 Å². The molecule has 206 valence electrons. The SMILES string of the molecule is COc1ccc(CNC(=O)C2C3C(=O)N(CCC(C)C)C(C(=O)NCc4ccccc4)C34C=CC2(C)O4)cc1. The van der Waals surface area contributed by atoms with Crippen molar-refractivity contribution in [1.82, 2.24) is 15.5 Å². The molecule has 1 spiro atoms. The van der Waals surface area contributed by atoms with Crippen molar-refractivity contribution in [3.8, 4) is 5.75 Å². The van der Waals surface area contributed by atoms with Crippen LogP contribution in [0.5, 0.6) is 5.75 Å². The third kappa shape index (κ3) is 4.82. The first-order valence-corrected chi connectivity index (χ1v) is 13.6. The lowest BCUT2D eigenvalue weighted by molar-refractivity contribution is -0.145. The Morgan fingerprint density at radius 1 is 0.974 bits per heavy atom. The van der Waals surface area contributed by atoms with Crippen LogP contribution in [0.1, 0.15) is 38.3 Å². The summed E-state index contributed by atoms with van der Waals surface area (Å²) in [6.45, 7) is 7.08. The number of carbonyl (C=O) groups is 3. The van der Waals surface area contributed by atoms with E-state index in [1.807, 2.05) is 73.7 Å². The fourth-order valence-electron chi connectivity index (χ4n) is 6.19. The van der Waals surface area contributed by atoms with E-state index in [-0.39, 0.29) is 17.7 Å². The molecular formula is C31H37N3O5. The average Bonchev–Trinajstić information content (AvgIpc) is 3.50. The zero-order valence-corrected chi connectivity index (χ0v) is 23.0. The molecule has 8 heteroatoms. The lowest BCUT2D eigenvalue weighted by atomic mass is 9.70. The number of amides is 3. The fourth-order valence-corrected chi connectivity index (χ4v) is 6.19. The monoisotopic (exact) mass is 531 g/mol. The van der Waals surface area contributed by atoms with Gasteiger partial charge < -0.3 is 25.0 Å². The minimum Gasteiger partial charge on any atom is -0.497 e. The Balaban J connectivity index is 1.39. The van der Waals surface area contributed by atoms with Crippen molar-refractivity contribution < 1.29 is 23.9 Å². The standard InChI is InChI=1S/C31H37N3O5/c1-20(2)14-17-34-26(28(36)33-18-21-8-6-5-7-9-21)31-16-15-30(3,39-31)24(25(31)29(34)37)27(35)32-19-22-10-12-23(38-4)13-11-22/h5-13,15-16,20,24-26H,14,17-19H2,1-4H3,(H,32,35)(H,33,36). The molecule has 2 saturated heterocycles. The Kier molecular flexibility index (Phi) is 7.25. The number of methoxy groups -OCH3 is 1. The average molecular weight is 532 g/mol. The van der Waals surface area contributed by atoms with Gasteiger partial charge in [0.15, 0.2) is 0 Å². The maximum atomic E-state index is 14.0. The summed E-state index contributed by atoms with van der Waals surface area (Å²) in [5, 5.41) is 6.03. The second-order valence-corrected chi connectivity index (χ2v) is 11.3. The second kappa shape index (κ2) is 10.5. The number of hydrogen-bond donors (Lipinski definition) is 2. The molecule has 0 saturated carbocycles. The largest absolute Gasteiger partial charge is 0.497 e. The van der Waals surface area contributed by atoms with Gasteiger partial charge in [0.2, 0.25) is 17.7 Å². The molecule has 0 aromatic heterocycles. The van der Waals surface area contributed by atoms with E-state index < -0.39 is 29.1 Å². The van der Waals surface area contributed by atoms with E-state index in [0.717, 1.165) is 23.3 Å². The van der Waals surface area contributed by atoms with Crippen molar-refractivity contribution in [2.45, 2.75) is 57.5 Å². The molecular weight excluding hydrogens is 494 g/mol. The Bertz CT molecular complexity index is 1260. The molecule has 8 nitrogen and oxygen atoms in total. The first-order valence-electron chi connectivity index (χ1n) is 13.6. The van der Waals surface area contributed by atoms with Gasteiger partial charge >= 0.3 is 0 Å². The van der Waals surface area contributed by atoms with Crippen LogP contribution in [0.4, 0.5) is 0 Å². The summed E-state index contributed by atoms with van der Waals surface area (Å²) in [6.07, 6.45) is 4.45. The smallest absolute Gasteiger partial charge is 0.246 e. The van der Waals surface area contributed by atoms with Crippen LogP contribution < -0.4 is 15.4 Å². The summed E-state index contributed by atoms with van der Waals surface area (Å²) < 4.78 is 11.8. The number of rotatable bonds is 10. The van der Waals surface area contributed by atoms with E-state index in [4.69, 9.17) is 9.47 Å². The number of hydrogen-bond acceptors (Lipinski definition) is 5. The van der Waals surface area contributed by atoms with Crippen molar-refractivity contribution >= 4 is 17.7 Å². The van der Waals surface area contributed by atoms with E-state index in [0.29, 0.717) is 25.6 Å². The highest BCUT2D eigenvalue weighted by atomic mass is 16.5. The normalized spacial score (nSPS) is 28.6. The third-order valence-corrected chi connectivity index (χ3v) is 8.21. The third-order valence-electron chi connectivity index (χ3n) is 8.21. The predicted molar refractivity (Wildman–Crippen MR) is 146 cm³/mol. The van der Waals surface area contributed by atoms with Crippen molar-refractivity contribution in [2.24, 2.45) is 17.8 Å². The Morgan fingerprint density at radius 3 is 2.26 bits per heavy atom. The molecule has 3 heterocycles. The fraction of sp³-hybridized carbons (Fsp3) is 0.452. The summed E-state index contributed by atoms with van der Waals surface area (Å²) in [5.74, 6) is -1.17. The number of nitrogens with one attached hydrogen (secondary N) is 2. The highest BCUT2D eigenvalue weighted by molar-refractivity contribution is 6.00. The van der Waals surface area contributed by atoms with Crippen LogP contribution >= 0.6 is 0 Å². The maximum Gasteiger partial charge on any atom is 0.246 e. The van der Waals surface area contributed by atoms with E-state index in [1.54, 1.807) is 12.0 Å².